The molecule has 1 aliphatic carbocycles. The van der Waals surface area contributed by atoms with Gasteiger partial charge in [0.2, 0.25) is 0 Å². The van der Waals surface area contributed by atoms with Crippen LogP contribution in [-0.4, -0.2) is 30.6 Å². The second-order valence-electron chi connectivity index (χ2n) is 6.34. The Hall–Kier alpha value is -1.06. The summed E-state index contributed by atoms with van der Waals surface area (Å²) in [6.07, 6.45) is 6.04. The van der Waals surface area contributed by atoms with E-state index in [0.29, 0.717) is 12.1 Å². The fourth-order valence-corrected chi connectivity index (χ4v) is 3.42. The molecule has 3 heteroatoms. The zero-order chi connectivity index (χ0) is 15.2. The molecule has 1 saturated carbocycles. The van der Waals surface area contributed by atoms with Gasteiger partial charge in [0, 0.05) is 18.6 Å². The number of nitrogens with two attached hydrogens (primary N) is 1. The van der Waals surface area contributed by atoms with Gasteiger partial charge in [0.05, 0.1) is 7.11 Å². The Morgan fingerprint density at radius 2 is 1.95 bits per heavy atom. The van der Waals surface area contributed by atoms with Gasteiger partial charge < -0.3 is 10.5 Å². The van der Waals surface area contributed by atoms with Crippen molar-refractivity contribution in [1.82, 2.24) is 4.90 Å². The van der Waals surface area contributed by atoms with Gasteiger partial charge in [-0.3, -0.25) is 4.90 Å². The van der Waals surface area contributed by atoms with E-state index in [1.807, 2.05) is 0 Å². The quantitative estimate of drug-likeness (QED) is 0.871. The van der Waals surface area contributed by atoms with Crippen LogP contribution in [0.1, 0.15) is 50.2 Å². The minimum atomic E-state index is 0.424. The van der Waals surface area contributed by atoms with Crippen molar-refractivity contribution >= 4 is 0 Å². The number of nitrogens with zero attached hydrogens (tertiary/aromatic N) is 1. The number of ether oxygens (including phenoxy) is 1. The zero-order valence-corrected chi connectivity index (χ0v) is 13.8. The van der Waals surface area contributed by atoms with Gasteiger partial charge in [0.1, 0.15) is 5.75 Å². The molecule has 1 aromatic rings. The summed E-state index contributed by atoms with van der Waals surface area (Å²) in [6, 6.07) is 7.67. The number of hydrogen-bond donors (Lipinski definition) is 1. The van der Waals surface area contributed by atoms with Gasteiger partial charge in [0.15, 0.2) is 0 Å². The first-order valence-corrected chi connectivity index (χ1v) is 8.27. The van der Waals surface area contributed by atoms with Crippen LogP contribution in [0.25, 0.3) is 0 Å². The van der Waals surface area contributed by atoms with Crippen LogP contribution in [0.5, 0.6) is 5.75 Å². The monoisotopic (exact) mass is 290 g/mol. The average Bonchev–Trinajstić information content (AvgIpc) is 2.48. The number of rotatable bonds is 6. The largest absolute Gasteiger partial charge is 0.496 e. The van der Waals surface area contributed by atoms with Crippen LogP contribution in [0.2, 0.25) is 0 Å². The topological polar surface area (TPSA) is 38.5 Å². The molecule has 1 aliphatic rings. The smallest absolute Gasteiger partial charge is 0.121 e. The van der Waals surface area contributed by atoms with Gasteiger partial charge in [-0.2, -0.15) is 0 Å². The second-order valence-corrected chi connectivity index (χ2v) is 6.34. The second kappa shape index (κ2) is 7.81. The van der Waals surface area contributed by atoms with E-state index in [1.54, 1.807) is 7.11 Å². The number of benzene rings is 1. The molecule has 3 nitrogen and oxygen atoms in total. The van der Waals surface area contributed by atoms with Gasteiger partial charge in [0.25, 0.3) is 0 Å². The number of methoxy groups -OCH3 is 1. The molecule has 0 radical (unpaired) electrons. The first-order chi connectivity index (χ1) is 10.1. The normalized spacial score (nSPS) is 22.5. The van der Waals surface area contributed by atoms with Crippen LogP contribution < -0.4 is 10.5 Å². The first kappa shape index (κ1) is 16.3. The molecule has 0 unspecified atom stereocenters. The molecule has 1 fully saturated rings. The molecule has 0 bridgehead atoms. The summed E-state index contributed by atoms with van der Waals surface area (Å²) >= 11 is 0. The Morgan fingerprint density at radius 1 is 1.24 bits per heavy atom. The molecule has 0 aromatic heterocycles. The summed E-state index contributed by atoms with van der Waals surface area (Å²) in [5, 5.41) is 0. The third kappa shape index (κ3) is 4.45. The van der Waals surface area contributed by atoms with Gasteiger partial charge in [-0.15, -0.1) is 0 Å². The van der Waals surface area contributed by atoms with Crippen molar-refractivity contribution in [2.75, 3.05) is 13.7 Å². The average molecular weight is 290 g/mol. The van der Waals surface area contributed by atoms with E-state index in [4.69, 9.17) is 10.5 Å². The highest BCUT2D eigenvalue weighted by molar-refractivity contribution is 5.36. The van der Waals surface area contributed by atoms with Crippen molar-refractivity contribution < 1.29 is 4.74 Å². The molecular formula is C18H30N2O. The predicted molar refractivity (Wildman–Crippen MR) is 88.7 cm³/mol. The summed E-state index contributed by atoms with van der Waals surface area (Å²) in [5.74, 6) is 0.976. The van der Waals surface area contributed by atoms with Crippen LogP contribution >= 0.6 is 0 Å². The molecule has 118 valence electrons. The van der Waals surface area contributed by atoms with Crippen molar-refractivity contribution in [3.8, 4) is 5.75 Å². The maximum atomic E-state index is 6.04. The molecule has 0 aliphatic heterocycles. The summed E-state index contributed by atoms with van der Waals surface area (Å²) in [4.78, 5) is 2.65. The number of aryl methyl sites for hydroxylation is 1. The molecular weight excluding hydrogens is 260 g/mol. The maximum Gasteiger partial charge on any atom is 0.121 e. The van der Waals surface area contributed by atoms with E-state index < -0.39 is 0 Å². The van der Waals surface area contributed by atoms with Crippen LogP contribution in [0.15, 0.2) is 18.2 Å². The summed E-state index contributed by atoms with van der Waals surface area (Å²) < 4.78 is 5.35. The zero-order valence-electron chi connectivity index (χ0n) is 13.8. The lowest BCUT2D eigenvalue weighted by Gasteiger charge is -2.36. The molecule has 0 saturated heterocycles. The molecule has 2 rings (SSSR count). The standard InChI is InChI=1S/C18H30N2O/c1-4-11-20(17-8-6-16(19)7-9-17)13-15-5-10-18(21-3)14(2)12-15/h5,10,12,16-17H,4,6-9,11,13,19H2,1-3H3. The Kier molecular flexibility index (Phi) is 6.07. The van der Waals surface area contributed by atoms with Crippen molar-refractivity contribution in [2.24, 2.45) is 5.73 Å². The summed E-state index contributed by atoms with van der Waals surface area (Å²) in [7, 11) is 1.73. The van der Waals surface area contributed by atoms with E-state index >= 15 is 0 Å². The van der Waals surface area contributed by atoms with E-state index in [1.165, 1.54) is 49.8 Å². The Bertz CT molecular complexity index is 439. The van der Waals surface area contributed by atoms with Crippen LogP contribution in [-0.2, 0) is 6.54 Å². The highest BCUT2D eigenvalue weighted by Gasteiger charge is 2.23. The van der Waals surface area contributed by atoms with Crippen LogP contribution in [0.4, 0.5) is 0 Å². The lowest BCUT2D eigenvalue weighted by molar-refractivity contribution is 0.142. The van der Waals surface area contributed by atoms with Crippen molar-refractivity contribution in [3.63, 3.8) is 0 Å². The predicted octanol–water partition coefficient (Wildman–Crippen LogP) is 3.49. The van der Waals surface area contributed by atoms with Gasteiger partial charge in [-0.05, 0) is 62.8 Å². The fraction of sp³-hybridized carbons (Fsp3) is 0.667. The van der Waals surface area contributed by atoms with Gasteiger partial charge in [-0.25, -0.2) is 0 Å². The summed E-state index contributed by atoms with van der Waals surface area (Å²) in [6.45, 7) is 6.59. The van der Waals surface area contributed by atoms with E-state index in [0.717, 1.165) is 12.3 Å². The fourth-order valence-electron chi connectivity index (χ4n) is 3.42. The van der Waals surface area contributed by atoms with Crippen molar-refractivity contribution in [1.29, 1.82) is 0 Å². The minimum Gasteiger partial charge on any atom is -0.496 e. The third-order valence-electron chi connectivity index (χ3n) is 4.61. The molecule has 0 atom stereocenters. The lowest BCUT2D eigenvalue weighted by Crippen LogP contribution is -2.40. The molecule has 0 amide bonds. The number of hydrogen-bond acceptors (Lipinski definition) is 3. The van der Waals surface area contributed by atoms with Gasteiger partial charge in [-0.1, -0.05) is 19.1 Å². The van der Waals surface area contributed by atoms with E-state index in [-0.39, 0.29) is 0 Å². The van der Waals surface area contributed by atoms with Crippen LogP contribution in [0, 0.1) is 6.92 Å². The maximum absolute atomic E-state index is 6.04. The van der Waals surface area contributed by atoms with Crippen molar-refractivity contribution in [3.05, 3.63) is 29.3 Å². The molecule has 0 spiro atoms. The molecule has 1 aromatic carbocycles. The highest BCUT2D eigenvalue weighted by Crippen LogP contribution is 2.25. The first-order valence-electron chi connectivity index (χ1n) is 8.27. The minimum absolute atomic E-state index is 0.424. The Balaban J connectivity index is 2.03. The SMILES string of the molecule is CCCN(Cc1ccc(OC)c(C)c1)C1CCC(N)CC1. The van der Waals surface area contributed by atoms with Gasteiger partial charge >= 0.3 is 0 Å². The molecule has 0 heterocycles. The summed E-state index contributed by atoms with van der Waals surface area (Å²) in [5.41, 5.74) is 8.65. The van der Waals surface area contributed by atoms with E-state index in [9.17, 15) is 0 Å². The van der Waals surface area contributed by atoms with E-state index in [2.05, 4.69) is 36.9 Å². The highest BCUT2D eigenvalue weighted by atomic mass is 16.5. The lowest BCUT2D eigenvalue weighted by atomic mass is 9.90. The van der Waals surface area contributed by atoms with Crippen LogP contribution in [0.3, 0.4) is 0 Å². The molecule has 21 heavy (non-hydrogen) atoms. The third-order valence-corrected chi connectivity index (χ3v) is 4.61. The Morgan fingerprint density at radius 3 is 2.52 bits per heavy atom. The van der Waals surface area contributed by atoms with Crippen molar-refractivity contribution in [2.45, 2.75) is 64.6 Å². The molecule has 2 N–H and O–H groups in total. The Labute approximate surface area is 129 Å².